The molecule has 5 aromatic heterocycles. The number of anilines is 1. The highest BCUT2D eigenvalue weighted by Crippen LogP contribution is 2.30. The van der Waals surface area contributed by atoms with E-state index in [1.54, 1.807) is 18.6 Å². The Morgan fingerprint density at radius 1 is 1.00 bits per heavy atom. The first-order valence-corrected chi connectivity index (χ1v) is 11.8. The van der Waals surface area contributed by atoms with Crippen LogP contribution in [0, 0.1) is 5.92 Å². The maximum absolute atomic E-state index is 12.6. The number of aromatic nitrogens is 6. The van der Waals surface area contributed by atoms with Gasteiger partial charge >= 0.3 is 0 Å². The van der Waals surface area contributed by atoms with Crippen molar-refractivity contribution >= 4 is 33.5 Å². The molecule has 0 atom stereocenters. The van der Waals surface area contributed by atoms with Gasteiger partial charge in [0.25, 0.3) is 0 Å². The number of carbonyl (C=O) groups is 1. The first kappa shape index (κ1) is 20.5. The van der Waals surface area contributed by atoms with E-state index in [9.17, 15) is 4.79 Å². The first-order valence-electron chi connectivity index (χ1n) is 11.8. The Balaban J connectivity index is 1.27. The number of nitrogens with one attached hydrogen (secondary N) is 3. The van der Waals surface area contributed by atoms with Crippen molar-refractivity contribution in [2.24, 2.45) is 5.92 Å². The highest BCUT2D eigenvalue weighted by molar-refractivity contribution is 5.94. The lowest BCUT2D eigenvalue weighted by Crippen LogP contribution is -2.18. The predicted molar refractivity (Wildman–Crippen MR) is 132 cm³/mol. The maximum atomic E-state index is 12.6. The molecule has 0 saturated heterocycles. The Hall–Kier alpha value is -4.07. The molecule has 1 aliphatic carbocycles. The molecule has 0 unspecified atom stereocenters. The van der Waals surface area contributed by atoms with Crippen molar-refractivity contribution in [1.29, 1.82) is 0 Å². The van der Waals surface area contributed by atoms with Crippen molar-refractivity contribution in [1.82, 2.24) is 30.1 Å². The van der Waals surface area contributed by atoms with Gasteiger partial charge in [-0.15, -0.1) is 0 Å². The van der Waals surface area contributed by atoms with Crippen molar-refractivity contribution in [2.45, 2.75) is 38.5 Å². The highest BCUT2D eigenvalue weighted by atomic mass is 16.1. The maximum Gasteiger partial charge on any atom is 0.224 e. The molecule has 34 heavy (non-hydrogen) atoms. The Labute approximate surface area is 196 Å². The van der Waals surface area contributed by atoms with Gasteiger partial charge in [-0.1, -0.05) is 19.3 Å². The van der Waals surface area contributed by atoms with E-state index in [-0.39, 0.29) is 5.91 Å². The summed E-state index contributed by atoms with van der Waals surface area (Å²) < 4.78 is 0. The van der Waals surface area contributed by atoms with Crippen LogP contribution in [0.15, 0.2) is 55.1 Å². The SMILES string of the molecule is O=C(CC1CCCCC1)Nc1cncc(-c2ccc3[nH]nc(-c4cc5cnccc5[nH]4)c3n2)c1. The molecule has 6 rings (SSSR count). The molecule has 5 aromatic rings. The summed E-state index contributed by atoms with van der Waals surface area (Å²) in [7, 11) is 0. The lowest BCUT2D eigenvalue weighted by molar-refractivity contribution is -0.117. The average Bonchev–Trinajstić information content (AvgIpc) is 3.48. The van der Waals surface area contributed by atoms with Crippen LogP contribution in [0.25, 0.3) is 44.6 Å². The lowest BCUT2D eigenvalue weighted by Gasteiger charge is -2.20. The number of pyridine rings is 3. The van der Waals surface area contributed by atoms with Crippen molar-refractivity contribution in [3.63, 3.8) is 0 Å². The van der Waals surface area contributed by atoms with Crippen LogP contribution in [0.3, 0.4) is 0 Å². The predicted octanol–water partition coefficient (Wildman–Crippen LogP) is 5.47. The molecule has 1 fully saturated rings. The third kappa shape index (κ3) is 4.03. The second kappa shape index (κ2) is 8.70. The fourth-order valence-electron chi connectivity index (χ4n) is 4.86. The molecular formula is C26H25N7O. The Morgan fingerprint density at radius 3 is 2.79 bits per heavy atom. The van der Waals surface area contributed by atoms with Gasteiger partial charge < -0.3 is 10.3 Å². The van der Waals surface area contributed by atoms with Crippen molar-refractivity contribution in [2.75, 3.05) is 5.32 Å². The van der Waals surface area contributed by atoms with Crippen LogP contribution >= 0.6 is 0 Å². The van der Waals surface area contributed by atoms with Gasteiger partial charge in [0.1, 0.15) is 11.2 Å². The third-order valence-electron chi connectivity index (χ3n) is 6.60. The van der Waals surface area contributed by atoms with E-state index in [0.717, 1.165) is 57.4 Å². The smallest absolute Gasteiger partial charge is 0.224 e. The summed E-state index contributed by atoms with van der Waals surface area (Å²) in [5.74, 6) is 0.550. The van der Waals surface area contributed by atoms with E-state index in [4.69, 9.17) is 4.98 Å². The minimum absolute atomic E-state index is 0.0553. The molecule has 0 spiro atoms. The number of hydrogen-bond acceptors (Lipinski definition) is 5. The molecule has 1 aliphatic rings. The topological polar surface area (TPSA) is 112 Å². The fourth-order valence-corrected chi connectivity index (χ4v) is 4.86. The molecule has 0 radical (unpaired) electrons. The van der Waals surface area contributed by atoms with Crippen LogP contribution < -0.4 is 5.32 Å². The van der Waals surface area contributed by atoms with E-state index in [1.807, 2.05) is 36.5 Å². The van der Waals surface area contributed by atoms with Gasteiger partial charge in [-0.2, -0.15) is 5.10 Å². The fraction of sp³-hybridized carbons (Fsp3) is 0.269. The van der Waals surface area contributed by atoms with E-state index in [1.165, 1.54) is 19.3 Å². The number of rotatable bonds is 5. The van der Waals surface area contributed by atoms with Crippen molar-refractivity contribution in [3.05, 3.63) is 55.1 Å². The minimum Gasteiger partial charge on any atom is -0.353 e. The van der Waals surface area contributed by atoms with Gasteiger partial charge in [0.2, 0.25) is 5.91 Å². The van der Waals surface area contributed by atoms with Gasteiger partial charge in [-0.25, -0.2) is 4.98 Å². The molecule has 8 nitrogen and oxygen atoms in total. The molecular weight excluding hydrogens is 426 g/mol. The Bertz CT molecular complexity index is 1450. The number of H-pyrrole nitrogens is 2. The standard InChI is InChI=1S/C26H25N7O/c34-24(10-16-4-2-1-3-5-16)29-19-11-17(14-28-15-19)20-6-7-22-25(31-20)26(33-32-22)23-12-18-13-27-9-8-21(18)30-23/h6-9,11-16,30H,1-5,10H2,(H,29,34)(H,32,33). The minimum atomic E-state index is 0.0553. The summed E-state index contributed by atoms with van der Waals surface area (Å²) in [6.07, 6.45) is 13.7. The second-order valence-electron chi connectivity index (χ2n) is 9.03. The number of carbonyl (C=O) groups excluding carboxylic acids is 1. The van der Waals surface area contributed by atoms with E-state index < -0.39 is 0 Å². The quantitative estimate of drug-likeness (QED) is 0.328. The first-order chi connectivity index (χ1) is 16.7. The third-order valence-corrected chi connectivity index (χ3v) is 6.60. The van der Waals surface area contributed by atoms with Crippen LogP contribution in [0.4, 0.5) is 5.69 Å². The molecule has 3 N–H and O–H groups in total. The average molecular weight is 452 g/mol. The molecule has 0 aliphatic heterocycles. The number of hydrogen-bond donors (Lipinski definition) is 3. The molecule has 0 bridgehead atoms. The molecule has 5 heterocycles. The summed E-state index contributed by atoms with van der Waals surface area (Å²) in [6.45, 7) is 0. The molecule has 8 heteroatoms. The normalized spacial score (nSPS) is 14.6. The van der Waals surface area contributed by atoms with Gasteiger partial charge in [0, 0.05) is 41.5 Å². The Morgan fingerprint density at radius 2 is 1.91 bits per heavy atom. The summed E-state index contributed by atoms with van der Waals surface area (Å²) in [5, 5.41) is 11.6. The van der Waals surface area contributed by atoms with E-state index in [0.29, 0.717) is 18.0 Å². The summed E-state index contributed by atoms with van der Waals surface area (Å²) in [5.41, 5.74) is 6.53. The number of fused-ring (bicyclic) bond motifs is 2. The van der Waals surface area contributed by atoms with Crippen LogP contribution in [-0.4, -0.2) is 36.0 Å². The lowest BCUT2D eigenvalue weighted by atomic mass is 9.87. The van der Waals surface area contributed by atoms with Crippen LogP contribution in [0.2, 0.25) is 0 Å². The van der Waals surface area contributed by atoms with Gasteiger partial charge in [0.05, 0.1) is 28.8 Å². The Kier molecular flexibility index (Phi) is 5.25. The zero-order valence-electron chi connectivity index (χ0n) is 18.7. The number of amides is 1. The van der Waals surface area contributed by atoms with Gasteiger partial charge in [0.15, 0.2) is 0 Å². The van der Waals surface area contributed by atoms with Crippen molar-refractivity contribution < 1.29 is 4.79 Å². The van der Waals surface area contributed by atoms with Crippen molar-refractivity contribution in [3.8, 4) is 22.6 Å². The molecule has 1 amide bonds. The number of nitrogens with zero attached hydrogens (tertiary/aromatic N) is 4. The zero-order valence-corrected chi connectivity index (χ0v) is 18.7. The number of aromatic amines is 2. The van der Waals surface area contributed by atoms with Crippen LogP contribution in [0.1, 0.15) is 38.5 Å². The zero-order chi connectivity index (χ0) is 22.9. The van der Waals surface area contributed by atoms with Crippen LogP contribution in [-0.2, 0) is 4.79 Å². The molecule has 0 aromatic carbocycles. The van der Waals surface area contributed by atoms with Gasteiger partial charge in [-0.3, -0.25) is 19.9 Å². The molecule has 1 saturated carbocycles. The monoisotopic (exact) mass is 451 g/mol. The summed E-state index contributed by atoms with van der Waals surface area (Å²) >= 11 is 0. The van der Waals surface area contributed by atoms with E-state index in [2.05, 4.69) is 30.5 Å². The van der Waals surface area contributed by atoms with E-state index >= 15 is 0 Å². The highest BCUT2D eigenvalue weighted by Gasteiger charge is 2.18. The van der Waals surface area contributed by atoms with Crippen LogP contribution in [0.5, 0.6) is 0 Å². The summed E-state index contributed by atoms with van der Waals surface area (Å²) in [4.78, 5) is 29.4. The second-order valence-corrected chi connectivity index (χ2v) is 9.03. The largest absolute Gasteiger partial charge is 0.353 e. The summed E-state index contributed by atoms with van der Waals surface area (Å²) in [6, 6.07) is 9.79. The van der Waals surface area contributed by atoms with Gasteiger partial charge in [-0.05, 0) is 49.1 Å². The molecule has 170 valence electrons.